The van der Waals surface area contributed by atoms with Crippen molar-refractivity contribution in [2.24, 2.45) is 0 Å². The molecule has 51 heavy (non-hydrogen) atoms. The summed E-state index contributed by atoms with van der Waals surface area (Å²) in [7, 11) is 0. The Kier molecular flexibility index (Phi) is 7.03. The molecule has 0 spiro atoms. The molecule has 2 aliphatic rings. The van der Waals surface area contributed by atoms with Gasteiger partial charge in [0.2, 0.25) is 11.4 Å². The van der Waals surface area contributed by atoms with E-state index in [1.54, 1.807) is 24.3 Å². The highest BCUT2D eigenvalue weighted by atomic mass is 16.5. The standard InChI is InChI=1S/C42H28N6O3/c49-46-23-19-29(20-24-46)40-33-12-11-31(43-33)39(27-7-3-1-4-8-27)32-13-15-35(44-32)41(28-9-5-2-6-10-28)37-17-18-38(48(37)51)42(36-16-14-34(40)45-36)30-21-25-47(50)26-22-30/h1-26,44-45H. The Morgan fingerprint density at radius 3 is 1.18 bits per heavy atom. The molecule has 9 nitrogen and oxygen atoms in total. The molecule has 9 rings (SSSR count). The molecule has 0 aliphatic carbocycles. The summed E-state index contributed by atoms with van der Waals surface area (Å²) in [5.41, 5.74) is 11.7. The zero-order valence-corrected chi connectivity index (χ0v) is 27.0. The maximum atomic E-state index is 14.7. The lowest BCUT2D eigenvalue weighted by molar-refractivity contribution is -0.605. The largest absolute Gasteiger partial charge is 0.619 e. The quantitative estimate of drug-likeness (QED) is 0.147. The first kappa shape index (κ1) is 29.8. The smallest absolute Gasteiger partial charge is 0.227 e. The van der Waals surface area contributed by atoms with Gasteiger partial charge in [0.15, 0.2) is 24.8 Å². The normalized spacial score (nSPS) is 12.0. The molecule has 2 aliphatic heterocycles. The molecular weight excluding hydrogens is 637 g/mol. The van der Waals surface area contributed by atoms with Gasteiger partial charge in [0.05, 0.1) is 33.5 Å². The number of hydrogen-bond donors (Lipinski definition) is 2. The van der Waals surface area contributed by atoms with Gasteiger partial charge in [-0.1, -0.05) is 60.7 Å². The number of rotatable bonds is 4. The van der Waals surface area contributed by atoms with Crippen LogP contribution < -0.4 is 14.2 Å². The third-order valence-electron chi connectivity index (χ3n) is 9.26. The summed E-state index contributed by atoms with van der Waals surface area (Å²) in [4.78, 5) is 12.5. The first-order valence-electron chi connectivity index (χ1n) is 16.4. The fourth-order valence-electron chi connectivity index (χ4n) is 6.94. The second kappa shape index (κ2) is 12.0. The zero-order valence-electron chi connectivity index (χ0n) is 27.0. The van der Waals surface area contributed by atoms with E-state index in [4.69, 9.17) is 4.98 Å². The second-order valence-electron chi connectivity index (χ2n) is 12.3. The van der Waals surface area contributed by atoms with Crippen LogP contribution >= 0.6 is 0 Å². The van der Waals surface area contributed by atoms with Crippen molar-refractivity contribution < 1.29 is 14.2 Å². The van der Waals surface area contributed by atoms with Crippen molar-refractivity contribution in [3.05, 3.63) is 172 Å². The van der Waals surface area contributed by atoms with E-state index in [1.807, 2.05) is 97.1 Å². The summed E-state index contributed by atoms with van der Waals surface area (Å²) >= 11 is 0. The molecule has 2 N–H and O–H groups in total. The van der Waals surface area contributed by atoms with Crippen LogP contribution in [0.5, 0.6) is 0 Å². The number of hydrogen-bond acceptors (Lipinski definition) is 4. The Morgan fingerprint density at radius 1 is 0.392 bits per heavy atom. The molecule has 5 aromatic heterocycles. The molecule has 7 heterocycles. The fourth-order valence-corrected chi connectivity index (χ4v) is 6.94. The minimum atomic E-state index is 0.410. The third kappa shape index (κ3) is 5.21. The number of H-pyrrole nitrogens is 2. The lowest BCUT2D eigenvalue weighted by atomic mass is 10.0. The Balaban J connectivity index is 1.50. The SMILES string of the molecule is [O-][n+]1ccc(-c2c3nc(c(-c4ccccc4)c4ccc([nH]4)c(-c4ccccc4)c4[n+]([O-])c(c(-c5cc[n+]([O-])cc5)c5ccc2[nH]5)C=C4)C=C3)cc1. The molecule has 0 saturated heterocycles. The van der Waals surface area contributed by atoms with Crippen LogP contribution in [0.3, 0.4) is 0 Å². The summed E-state index contributed by atoms with van der Waals surface area (Å²) < 4.78 is 2.43. The minimum Gasteiger partial charge on any atom is -0.619 e. The highest BCUT2D eigenvalue weighted by molar-refractivity contribution is 5.98. The van der Waals surface area contributed by atoms with Gasteiger partial charge in [-0.2, -0.15) is 14.2 Å². The summed E-state index contributed by atoms with van der Waals surface area (Å²) in [6.07, 6.45) is 13.4. The summed E-state index contributed by atoms with van der Waals surface area (Å²) in [5, 5.41) is 38.9. The number of pyridine rings is 2. The highest BCUT2D eigenvalue weighted by Gasteiger charge is 2.25. The summed E-state index contributed by atoms with van der Waals surface area (Å²) in [6, 6.07) is 34.8. The average Bonchev–Trinajstić information content (AvgIpc) is 3.99. The monoisotopic (exact) mass is 664 g/mol. The van der Waals surface area contributed by atoms with Gasteiger partial charge in [-0.25, -0.2) is 4.98 Å². The van der Waals surface area contributed by atoms with Gasteiger partial charge >= 0.3 is 0 Å². The Morgan fingerprint density at radius 2 is 0.745 bits per heavy atom. The number of fused-ring (bicyclic) bond motifs is 8. The summed E-state index contributed by atoms with van der Waals surface area (Å²) in [5.74, 6) is 0. The number of nitrogens with one attached hydrogen (secondary N) is 2. The van der Waals surface area contributed by atoms with Crippen LogP contribution in [0.1, 0.15) is 22.8 Å². The van der Waals surface area contributed by atoms with Gasteiger partial charge in [0.25, 0.3) is 0 Å². The van der Waals surface area contributed by atoms with E-state index in [9.17, 15) is 15.6 Å². The van der Waals surface area contributed by atoms with E-state index in [0.717, 1.165) is 65.1 Å². The number of nitrogens with zero attached hydrogens (tertiary/aromatic N) is 4. The topological polar surface area (TPSA) is 125 Å². The maximum Gasteiger partial charge on any atom is 0.227 e. The molecule has 0 unspecified atom stereocenters. The van der Waals surface area contributed by atoms with Crippen molar-refractivity contribution in [3.63, 3.8) is 0 Å². The first-order chi connectivity index (χ1) is 25.0. The Hall–Kier alpha value is -7.26. The van der Waals surface area contributed by atoms with Crippen LogP contribution in [0.25, 0.3) is 90.9 Å². The highest BCUT2D eigenvalue weighted by Crippen LogP contribution is 2.37. The minimum absolute atomic E-state index is 0.410. The van der Waals surface area contributed by atoms with Crippen LogP contribution in [-0.2, 0) is 0 Å². The van der Waals surface area contributed by atoms with Gasteiger partial charge in [0.1, 0.15) is 0 Å². The first-order valence-corrected chi connectivity index (χ1v) is 16.4. The van der Waals surface area contributed by atoms with Crippen LogP contribution in [0.2, 0.25) is 0 Å². The van der Waals surface area contributed by atoms with Crippen molar-refractivity contribution in [2.75, 3.05) is 0 Å². The van der Waals surface area contributed by atoms with Gasteiger partial charge in [0, 0.05) is 64.1 Å². The third-order valence-corrected chi connectivity index (χ3v) is 9.26. The van der Waals surface area contributed by atoms with Gasteiger partial charge < -0.3 is 25.6 Å². The lowest BCUT2D eigenvalue weighted by Gasteiger charge is -2.08. The van der Waals surface area contributed by atoms with Gasteiger partial charge in [-0.15, -0.1) is 0 Å². The van der Waals surface area contributed by atoms with E-state index in [1.165, 1.54) is 24.8 Å². The number of aromatic amines is 2. The molecule has 2 aromatic carbocycles. The van der Waals surface area contributed by atoms with E-state index in [-0.39, 0.29) is 0 Å². The fraction of sp³-hybridized carbons (Fsp3) is 0. The molecule has 0 radical (unpaired) electrons. The molecule has 8 bridgehead atoms. The van der Waals surface area contributed by atoms with Crippen molar-refractivity contribution in [1.29, 1.82) is 0 Å². The van der Waals surface area contributed by atoms with Crippen LogP contribution in [0.4, 0.5) is 0 Å². The van der Waals surface area contributed by atoms with Crippen molar-refractivity contribution >= 4 is 46.4 Å². The predicted octanol–water partition coefficient (Wildman–Crippen LogP) is 7.83. The summed E-state index contributed by atoms with van der Waals surface area (Å²) in [6.45, 7) is 0. The molecule has 0 fully saturated rings. The second-order valence-corrected chi connectivity index (χ2v) is 12.3. The van der Waals surface area contributed by atoms with Crippen molar-refractivity contribution in [1.82, 2.24) is 15.0 Å². The lowest BCUT2D eigenvalue weighted by Crippen LogP contribution is -2.31. The number of aromatic nitrogens is 6. The Bertz CT molecular complexity index is 2700. The predicted molar refractivity (Wildman–Crippen MR) is 200 cm³/mol. The molecular formula is C42H28N6O3. The molecule has 7 aromatic rings. The molecule has 0 amide bonds. The Labute approximate surface area is 291 Å². The maximum absolute atomic E-state index is 14.7. The van der Waals surface area contributed by atoms with E-state index < -0.39 is 0 Å². The molecule has 0 atom stereocenters. The van der Waals surface area contributed by atoms with Gasteiger partial charge in [-0.05, 0) is 53.1 Å². The molecule has 0 saturated carbocycles. The van der Waals surface area contributed by atoms with Crippen LogP contribution in [0, 0.1) is 15.6 Å². The number of benzene rings is 2. The zero-order chi connectivity index (χ0) is 34.5. The van der Waals surface area contributed by atoms with Crippen molar-refractivity contribution in [3.8, 4) is 44.5 Å². The van der Waals surface area contributed by atoms with E-state index in [0.29, 0.717) is 38.5 Å². The van der Waals surface area contributed by atoms with Crippen molar-refractivity contribution in [2.45, 2.75) is 0 Å². The van der Waals surface area contributed by atoms with Crippen LogP contribution in [0.15, 0.2) is 134 Å². The molecule has 244 valence electrons. The van der Waals surface area contributed by atoms with E-state index >= 15 is 0 Å². The molecule has 9 heteroatoms. The van der Waals surface area contributed by atoms with Crippen LogP contribution in [-0.4, -0.2) is 15.0 Å². The van der Waals surface area contributed by atoms with Gasteiger partial charge in [-0.3, -0.25) is 0 Å². The average molecular weight is 665 g/mol. The van der Waals surface area contributed by atoms with E-state index in [2.05, 4.69) is 22.1 Å².